The molecule has 5 heteroatoms. The highest BCUT2D eigenvalue weighted by Crippen LogP contribution is 2.18. The summed E-state index contributed by atoms with van der Waals surface area (Å²) in [5, 5.41) is 9.04. The summed E-state index contributed by atoms with van der Waals surface area (Å²) in [5.41, 5.74) is 0. The van der Waals surface area contributed by atoms with Gasteiger partial charge in [0.15, 0.2) is 6.10 Å². The molecule has 1 N–H and O–H groups in total. The second-order valence-corrected chi connectivity index (χ2v) is 10.2. The van der Waals surface area contributed by atoms with Gasteiger partial charge in [0.05, 0.1) is 27.6 Å². The van der Waals surface area contributed by atoms with Crippen LogP contribution in [0.25, 0.3) is 0 Å². The smallest absolute Gasteiger partial charge is 0.307 e. The van der Waals surface area contributed by atoms with Gasteiger partial charge in [-0.2, -0.15) is 0 Å². The molecule has 0 fully saturated rings. The van der Waals surface area contributed by atoms with Crippen molar-refractivity contribution in [2.24, 2.45) is 5.92 Å². The fourth-order valence-electron chi connectivity index (χ4n) is 3.91. The van der Waals surface area contributed by atoms with Gasteiger partial charge in [0.1, 0.15) is 6.54 Å². The van der Waals surface area contributed by atoms with E-state index in [1.54, 1.807) is 0 Å². The van der Waals surface area contributed by atoms with E-state index in [1.807, 2.05) is 21.1 Å². The average Bonchev–Trinajstić information content (AvgIpc) is 2.61. The van der Waals surface area contributed by atoms with Crippen molar-refractivity contribution in [3.05, 3.63) is 0 Å². The Morgan fingerprint density at radius 3 is 1.83 bits per heavy atom. The zero-order valence-corrected chi connectivity index (χ0v) is 20.6. The zero-order chi connectivity index (χ0) is 22.8. The van der Waals surface area contributed by atoms with Crippen LogP contribution in [-0.2, 0) is 14.3 Å². The molecule has 0 aliphatic heterocycles. The Balaban J connectivity index is 3.77. The predicted molar refractivity (Wildman–Crippen MR) is 125 cm³/mol. The van der Waals surface area contributed by atoms with Crippen LogP contribution in [0.5, 0.6) is 0 Å². The molecule has 0 aliphatic rings. The fraction of sp³-hybridized carbons (Fsp3) is 0.920. The fourth-order valence-corrected chi connectivity index (χ4v) is 3.91. The van der Waals surface area contributed by atoms with Crippen molar-refractivity contribution in [3.8, 4) is 0 Å². The minimum absolute atomic E-state index is 0.129. The lowest BCUT2D eigenvalue weighted by Gasteiger charge is -2.28. The lowest BCUT2D eigenvalue weighted by atomic mass is 9.96. The minimum Gasteiger partial charge on any atom is -0.481 e. The molecular formula is C25H50NO4+. The zero-order valence-electron chi connectivity index (χ0n) is 20.6. The van der Waals surface area contributed by atoms with E-state index in [0.717, 1.165) is 12.8 Å². The third-order valence-corrected chi connectivity index (χ3v) is 5.58. The first-order valence-corrected chi connectivity index (χ1v) is 12.4. The third-order valence-electron chi connectivity index (χ3n) is 5.58. The number of carbonyl (C=O) groups is 2. The van der Waals surface area contributed by atoms with E-state index in [9.17, 15) is 9.59 Å². The molecule has 0 aromatic carbocycles. The molecule has 30 heavy (non-hydrogen) atoms. The van der Waals surface area contributed by atoms with Crippen molar-refractivity contribution < 1.29 is 23.9 Å². The van der Waals surface area contributed by atoms with E-state index in [4.69, 9.17) is 9.84 Å². The van der Waals surface area contributed by atoms with Crippen LogP contribution in [0.3, 0.4) is 0 Å². The monoisotopic (exact) mass is 428 g/mol. The van der Waals surface area contributed by atoms with E-state index in [-0.39, 0.29) is 12.4 Å². The molecule has 0 bridgehead atoms. The molecule has 0 aliphatic carbocycles. The van der Waals surface area contributed by atoms with E-state index in [1.165, 1.54) is 70.6 Å². The molecule has 0 saturated carbocycles. The summed E-state index contributed by atoms with van der Waals surface area (Å²) >= 11 is 0. The van der Waals surface area contributed by atoms with E-state index in [0.29, 0.717) is 23.4 Å². The van der Waals surface area contributed by atoms with Gasteiger partial charge in [0.2, 0.25) is 0 Å². The standard InChI is InChI=1S/C25H49NO4/c1-6-7-8-9-10-11-12-13-14-15-17-22(2)18-16-19-25(29)30-23(20-24(27)28)21-26(3,4)5/h22-23H,6-21H2,1-5H3/p+1. The number of ether oxygens (including phenoxy) is 1. The normalized spacial score (nSPS) is 13.8. The summed E-state index contributed by atoms with van der Waals surface area (Å²) in [7, 11) is 5.91. The van der Waals surface area contributed by atoms with Gasteiger partial charge in [-0.15, -0.1) is 0 Å². The molecular weight excluding hydrogens is 378 g/mol. The topological polar surface area (TPSA) is 63.6 Å². The van der Waals surface area contributed by atoms with Crippen molar-refractivity contribution in [2.75, 3.05) is 27.7 Å². The van der Waals surface area contributed by atoms with Gasteiger partial charge in [-0.25, -0.2) is 0 Å². The van der Waals surface area contributed by atoms with Gasteiger partial charge >= 0.3 is 11.9 Å². The van der Waals surface area contributed by atoms with Crippen LogP contribution in [0, 0.1) is 5.92 Å². The molecule has 0 rings (SSSR count). The van der Waals surface area contributed by atoms with Crippen molar-refractivity contribution in [1.82, 2.24) is 0 Å². The number of esters is 1. The summed E-state index contributed by atoms with van der Waals surface area (Å²) in [5.74, 6) is -0.555. The molecule has 178 valence electrons. The Hall–Kier alpha value is -1.10. The molecule has 0 aromatic heterocycles. The molecule has 0 radical (unpaired) electrons. The lowest BCUT2D eigenvalue weighted by molar-refractivity contribution is -0.873. The summed E-state index contributed by atoms with van der Waals surface area (Å²) in [4.78, 5) is 23.1. The van der Waals surface area contributed by atoms with Crippen molar-refractivity contribution in [2.45, 2.75) is 116 Å². The maximum absolute atomic E-state index is 12.1. The molecule has 2 atom stereocenters. The number of carbonyl (C=O) groups excluding carboxylic acids is 1. The Morgan fingerprint density at radius 2 is 1.33 bits per heavy atom. The number of carboxylic acid groups (broad SMARTS) is 1. The first-order chi connectivity index (χ1) is 14.1. The SMILES string of the molecule is CCCCCCCCCCCCC(C)CCCC(=O)OC(CC(=O)O)C[N+](C)(C)C. The largest absolute Gasteiger partial charge is 0.481 e. The number of unbranched alkanes of at least 4 members (excludes halogenated alkanes) is 9. The number of hydrogen-bond acceptors (Lipinski definition) is 3. The number of rotatable bonds is 20. The lowest BCUT2D eigenvalue weighted by Crippen LogP contribution is -2.43. The third kappa shape index (κ3) is 20.2. The first kappa shape index (κ1) is 28.9. The number of quaternary nitrogens is 1. The highest BCUT2D eigenvalue weighted by atomic mass is 16.5. The van der Waals surface area contributed by atoms with Crippen molar-refractivity contribution in [1.29, 1.82) is 0 Å². The Bertz CT molecular complexity index is 445. The van der Waals surface area contributed by atoms with Crippen molar-refractivity contribution >= 4 is 11.9 Å². The summed E-state index contributed by atoms with van der Waals surface area (Å²) in [6.07, 6.45) is 16.4. The van der Waals surface area contributed by atoms with Crippen LogP contribution < -0.4 is 0 Å². The molecule has 5 nitrogen and oxygen atoms in total. The second kappa shape index (κ2) is 17.6. The Labute approximate surface area is 186 Å². The Kier molecular flexibility index (Phi) is 16.9. The van der Waals surface area contributed by atoms with Gasteiger partial charge < -0.3 is 14.3 Å². The highest BCUT2D eigenvalue weighted by molar-refractivity contribution is 5.71. The van der Waals surface area contributed by atoms with Crippen LogP contribution in [0.2, 0.25) is 0 Å². The van der Waals surface area contributed by atoms with Gasteiger partial charge in [-0.1, -0.05) is 90.9 Å². The first-order valence-electron chi connectivity index (χ1n) is 12.4. The van der Waals surface area contributed by atoms with Crippen LogP contribution in [0.4, 0.5) is 0 Å². The van der Waals surface area contributed by atoms with Gasteiger partial charge in [0, 0.05) is 6.42 Å². The van der Waals surface area contributed by atoms with Gasteiger partial charge in [-0.05, 0) is 12.3 Å². The maximum atomic E-state index is 12.1. The van der Waals surface area contributed by atoms with Gasteiger partial charge in [-0.3, -0.25) is 9.59 Å². The number of hydrogen-bond donors (Lipinski definition) is 1. The molecule has 0 spiro atoms. The summed E-state index contributed by atoms with van der Waals surface area (Å²) in [6.45, 7) is 5.04. The van der Waals surface area contributed by atoms with Crippen LogP contribution in [-0.4, -0.2) is 55.3 Å². The summed E-state index contributed by atoms with van der Waals surface area (Å²) in [6, 6.07) is 0. The van der Waals surface area contributed by atoms with Crippen molar-refractivity contribution in [3.63, 3.8) is 0 Å². The number of likely N-dealkylation sites (N-methyl/N-ethyl adjacent to an activating group) is 1. The second-order valence-electron chi connectivity index (χ2n) is 10.2. The Morgan fingerprint density at radius 1 is 0.833 bits per heavy atom. The molecule has 0 aromatic rings. The molecule has 0 amide bonds. The van der Waals surface area contributed by atoms with E-state index in [2.05, 4.69) is 13.8 Å². The van der Waals surface area contributed by atoms with Crippen LogP contribution >= 0.6 is 0 Å². The predicted octanol–water partition coefficient (Wildman–Crippen LogP) is 6.20. The van der Waals surface area contributed by atoms with Gasteiger partial charge in [0.25, 0.3) is 0 Å². The molecule has 2 unspecified atom stereocenters. The van der Waals surface area contributed by atoms with E-state index < -0.39 is 12.1 Å². The average molecular weight is 429 g/mol. The maximum Gasteiger partial charge on any atom is 0.307 e. The van der Waals surface area contributed by atoms with Crippen LogP contribution in [0.15, 0.2) is 0 Å². The minimum atomic E-state index is -0.925. The molecule has 0 saturated heterocycles. The number of nitrogens with zero attached hydrogens (tertiary/aromatic N) is 1. The number of carboxylic acids is 1. The van der Waals surface area contributed by atoms with Crippen LogP contribution in [0.1, 0.15) is 110 Å². The number of aliphatic carboxylic acids is 1. The molecule has 0 heterocycles. The quantitative estimate of drug-likeness (QED) is 0.142. The highest BCUT2D eigenvalue weighted by Gasteiger charge is 2.24. The van der Waals surface area contributed by atoms with E-state index >= 15 is 0 Å². The summed E-state index contributed by atoms with van der Waals surface area (Å²) < 4.78 is 6.02.